The second-order valence-electron chi connectivity index (χ2n) is 6.21. The normalized spacial score (nSPS) is 28.3. The van der Waals surface area contributed by atoms with Crippen molar-refractivity contribution < 1.29 is 13.9 Å². The quantitative estimate of drug-likeness (QED) is 0.800. The fourth-order valence-electron chi connectivity index (χ4n) is 3.70. The first-order chi connectivity index (χ1) is 10.1. The number of esters is 1. The third kappa shape index (κ3) is 2.72. The van der Waals surface area contributed by atoms with Crippen LogP contribution in [0.5, 0.6) is 0 Å². The lowest BCUT2D eigenvalue weighted by Gasteiger charge is -2.44. The monoisotopic (exact) mass is 292 g/mol. The van der Waals surface area contributed by atoms with E-state index >= 15 is 0 Å². The van der Waals surface area contributed by atoms with Gasteiger partial charge in [0.05, 0.1) is 13.2 Å². The molecule has 3 unspecified atom stereocenters. The molecule has 0 spiro atoms. The largest absolute Gasteiger partial charge is 0.463 e. The minimum atomic E-state index is -0.415. The molecule has 0 bridgehead atoms. The molecule has 2 saturated heterocycles. The second-order valence-corrected chi connectivity index (χ2v) is 6.21. The highest BCUT2D eigenvalue weighted by atomic mass is 16.5. The third-order valence-electron chi connectivity index (χ3n) is 4.91. The van der Waals surface area contributed by atoms with Gasteiger partial charge in [0.2, 0.25) is 5.76 Å². The van der Waals surface area contributed by atoms with Crippen LogP contribution < -0.4 is 0 Å². The SMILES string of the molecule is COC(=O)c1ccc(C(C)N2CC3CCCN3CC2C)o1. The predicted molar refractivity (Wildman–Crippen MR) is 79.2 cm³/mol. The number of hydrogen-bond donors (Lipinski definition) is 0. The first-order valence-corrected chi connectivity index (χ1v) is 7.78. The first-order valence-electron chi connectivity index (χ1n) is 7.78. The minimum absolute atomic E-state index is 0.182. The average molecular weight is 292 g/mol. The summed E-state index contributed by atoms with van der Waals surface area (Å²) in [6, 6.07) is 4.96. The van der Waals surface area contributed by atoms with Gasteiger partial charge in [-0.25, -0.2) is 4.79 Å². The Balaban J connectivity index is 1.73. The van der Waals surface area contributed by atoms with Gasteiger partial charge in [-0.2, -0.15) is 0 Å². The highest BCUT2D eigenvalue weighted by Crippen LogP contribution is 2.31. The fourth-order valence-corrected chi connectivity index (χ4v) is 3.70. The Morgan fingerprint density at radius 2 is 2.24 bits per heavy atom. The molecule has 5 heteroatoms. The maximum absolute atomic E-state index is 11.5. The molecule has 5 nitrogen and oxygen atoms in total. The van der Waals surface area contributed by atoms with E-state index in [4.69, 9.17) is 9.15 Å². The average Bonchev–Trinajstić information content (AvgIpc) is 3.13. The van der Waals surface area contributed by atoms with Gasteiger partial charge < -0.3 is 9.15 Å². The van der Waals surface area contributed by atoms with Crippen LogP contribution in [0.2, 0.25) is 0 Å². The van der Waals surface area contributed by atoms with E-state index in [1.807, 2.05) is 6.07 Å². The van der Waals surface area contributed by atoms with Crippen LogP contribution in [0.4, 0.5) is 0 Å². The molecular formula is C16H24N2O3. The molecule has 1 aromatic heterocycles. The van der Waals surface area contributed by atoms with E-state index in [0.717, 1.165) is 18.8 Å². The number of piperazine rings is 1. The molecule has 116 valence electrons. The number of ether oxygens (including phenoxy) is 1. The lowest BCUT2D eigenvalue weighted by molar-refractivity contribution is 0.0254. The second kappa shape index (κ2) is 5.81. The summed E-state index contributed by atoms with van der Waals surface area (Å²) in [6.45, 7) is 7.87. The number of rotatable bonds is 3. The van der Waals surface area contributed by atoms with Crippen molar-refractivity contribution in [2.24, 2.45) is 0 Å². The molecule has 0 N–H and O–H groups in total. The highest BCUT2D eigenvalue weighted by molar-refractivity contribution is 5.86. The zero-order chi connectivity index (χ0) is 15.0. The number of carbonyl (C=O) groups excluding carboxylic acids is 1. The topological polar surface area (TPSA) is 45.9 Å². The summed E-state index contributed by atoms with van der Waals surface area (Å²) in [5, 5.41) is 0. The zero-order valence-electron chi connectivity index (χ0n) is 13.0. The lowest BCUT2D eigenvalue weighted by Crippen LogP contribution is -2.55. The molecule has 2 aliphatic heterocycles. The van der Waals surface area contributed by atoms with Gasteiger partial charge in [-0.05, 0) is 45.4 Å². The molecule has 0 saturated carbocycles. The summed E-state index contributed by atoms with van der Waals surface area (Å²) in [5.41, 5.74) is 0. The highest BCUT2D eigenvalue weighted by Gasteiger charge is 2.37. The summed E-state index contributed by atoms with van der Waals surface area (Å²) in [4.78, 5) is 16.6. The van der Waals surface area contributed by atoms with Crippen LogP contribution in [0.3, 0.4) is 0 Å². The van der Waals surface area contributed by atoms with Crippen LogP contribution in [0.1, 0.15) is 49.0 Å². The maximum atomic E-state index is 11.5. The summed E-state index contributed by atoms with van der Waals surface area (Å²) in [5.74, 6) is 0.710. The molecule has 0 aliphatic carbocycles. The van der Waals surface area contributed by atoms with Gasteiger partial charge in [0.25, 0.3) is 0 Å². The van der Waals surface area contributed by atoms with Crippen molar-refractivity contribution in [3.8, 4) is 0 Å². The smallest absolute Gasteiger partial charge is 0.373 e. The van der Waals surface area contributed by atoms with Gasteiger partial charge in [0, 0.05) is 25.2 Å². The van der Waals surface area contributed by atoms with E-state index in [1.54, 1.807) is 6.07 Å². The molecule has 3 rings (SSSR count). The van der Waals surface area contributed by atoms with Gasteiger partial charge in [-0.3, -0.25) is 9.80 Å². The molecule has 0 radical (unpaired) electrons. The van der Waals surface area contributed by atoms with Crippen LogP contribution in [0.25, 0.3) is 0 Å². The Kier molecular flexibility index (Phi) is 4.04. The molecule has 2 fully saturated rings. The van der Waals surface area contributed by atoms with E-state index < -0.39 is 5.97 Å². The Hall–Kier alpha value is -1.33. The van der Waals surface area contributed by atoms with Crippen molar-refractivity contribution >= 4 is 5.97 Å². The lowest BCUT2D eigenvalue weighted by atomic mass is 10.0. The van der Waals surface area contributed by atoms with Crippen LogP contribution in [-0.2, 0) is 4.74 Å². The molecule has 3 heterocycles. The molecule has 3 atom stereocenters. The fraction of sp³-hybridized carbons (Fsp3) is 0.688. The molecular weight excluding hydrogens is 268 g/mol. The maximum Gasteiger partial charge on any atom is 0.373 e. The van der Waals surface area contributed by atoms with Gasteiger partial charge in [0.15, 0.2) is 0 Å². The number of hydrogen-bond acceptors (Lipinski definition) is 5. The number of furan rings is 1. The van der Waals surface area contributed by atoms with E-state index in [2.05, 4.69) is 23.6 Å². The van der Waals surface area contributed by atoms with E-state index in [9.17, 15) is 4.79 Å². The van der Waals surface area contributed by atoms with Crippen molar-refractivity contribution in [1.82, 2.24) is 9.80 Å². The van der Waals surface area contributed by atoms with Crippen molar-refractivity contribution in [2.45, 2.75) is 44.8 Å². The summed E-state index contributed by atoms with van der Waals surface area (Å²) < 4.78 is 10.4. The van der Waals surface area contributed by atoms with Crippen LogP contribution in [0.15, 0.2) is 16.5 Å². The van der Waals surface area contributed by atoms with Gasteiger partial charge in [-0.15, -0.1) is 0 Å². The number of fused-ring (bicyclic) bond motifs is 1. The number of methoxy groups -OCH3 is 1. The Labute approximate surface area is 125 Å². The van der Waals surface area contributed by atoms with Crippen LogP contribution in [0, 0.1) is 0 Å². The molecule has 2 aliphatic rings. The summed E-state index contributed by atoms with van der Waals surface area (Å²) >= 11 is 0. The molecule has 21 heavy (non-hydrogen) atoms. The third-order valence-corrected chi connectivity index (χ3v) is 4.91. The summed E-state index contributed by atoms with van der Waals surface area (Å²) in [6.07, 6.45) is 2.61. The molecule has 0 aromatic carbocycles. The van der Waals surface area contributed by atoms with E-state index in [1.165, 1.54) is 26.5 Å². The van der Waals surface area contributed by atoms with E-state index in [0.29, 0.717) is 12.1 Å². The Morgan fingerprint density at radius 3 is 3.00 bits per heavy atom. The van der Waals surface area contributed by atoms with Crippen molar-refractivity contribution in [3.63, 3.8) is 0 Å². The zero-order valence-corrected chi connectivity index (χ0v) is 13.0. The Bertz CT molecular complexity index is 513. The van der Waals surface area contributed by atoms with Crippen molar-refractivity contribution in [1.29, 1.82) is 0 Å². The van der Waals surface area contributed by atoms with E-state index in [-0.39, 0.29) is 11.8 Å². The molecule has 0 amide bonds. The van der Waals surface area contributed by atoms with Gasteiger partial charge in [-0.1, -0.05) is 0 Å². The molecule has 1 aromatic rings. The summed E-state index contributed by atoms with van der Waals surface area (Å²) in [7, 11) is 1.37. The van der Waals surface area contributed by atoms with Crippen molar-refractivity contribution in [3.05, 3.63) is 23.7 Å². The van der Waals surface area contributed by atoms with Crippen LogP contribution >= 0.6 is 0 Å². The van der Waals surface area contributed by atoms with Gasteiger partial charge >= 0.3 is 5.97 Å². The predicted octanol–water partition coefficient (Wildman–Crippen LogP) is 2.30. The minimum Gasteiger partial charge on any atom is -0.463 e. The Morgan fingerprint density at radius 1 is 1.43 bits per heavy atom. The van der Waals surface area contributed by atoms with Gasteiger partial charge in [0.1, 0.15) is 5.76 Å². The number of carbonyl (C=O) groups is 1. The standard InChI is InChI=1S/C16H24N2O3/c1-11-9-17-8-4-5-13(17)10-18(11)12(2)14-6-7-15(21-14)16(19)20-3/h6-7,11-13H,4-5,8-10H2,1-3H3. The number of nitrogens with zero attached hydrogens (tertiary/aromatic N) is 2. The van der Waals surface area contributed by atoms with Crippen LogP contribution in [-0.4, -0.2) is 54.6 Å². The first kappa shape index (κ1) is 14.6. The van der Waals surface area contributed by atoms with Crippen molar-refractivity contribution in [2.75, 3.05) is 26.7 Å².